The van der Waals surface area contributed by atoms with Gasteiger partial charge in [-0.25, -0.2) is 13.4 Å². The number of nitrogens with zero attached hydrogens (tertiary/aromatic N) is 4. The first-order valence-electron chi connectivity index (χ1n) is 11.3. The Morgan fingerprint density at radius 1 is 1.00 bits per heavy atom. The van der Waals surface area contributed by atoms with Gasteiger partial charge in [0.05, 0.1) is 11.1 Å². The predicted octanol–water partition coefficient (Wildman–Crippen LogP) is 5.33. The summed E-state index contributed by atoms with van der Waals surface area (Å²) in [5, 5.41) is 7.73. The third-order valence-electron chi connectivity index (χ3n) is 5.37. The van der Waals surface area contributed by atoms with Crippen molar-refractivity contribution in [2.45, 2.75) is 42.8 Å². The molecule has 2 aromatic heterocycles. The van der Waals surface area contributed by atoms with E-state index >= 15 is 0 Å². The van der Waals surface area contributed by atoms with Crippen molar-refractivity contribution >= 4 is 22.0 Å². The van der Waals surface area contributed by atoms with Gasteiger partial charge >= 0.3 is 5.51 Å². The lowest BCUT2D eigenvalue weighted by molar-refractivity contribution is -0.0436. The SMILES string of the molecule is O=S(=O)(c1ccc(/C=C/c2nc(COc3ccc(CCCCn4ccnn4)cc3)co2)cc1)C(F)(F)F. The van der Waals surface area contributed by atoms with Crippen molar-refractivity contribution in [2.24, 2.45) is 0 Å². The lowest BCUT2D eigenvalue weighted by atomic mass is 10.1. The lowest BCUT2D eigenvalue weighted by Crippen LogP contribution is -2.23. The number of benzene rings is 2. The molecule has 12 heteroatoms. The fraction of sp³-hybridized carbons (Fsp3) is 0.240. The Labute approximate surface area is 211 Å². The van der Waals surface area contributed by atoms with Crippen LogP contribution in [0.5, 0.6) is 5.75 Å². The van der Waals surface area contributed by atoms with Gasteiger partial charge < -0.3 is 9.15 Å². The van der Waals surface area contributed by atoms with E-state index in [4.69, 9.17) is 9.15 Å². The van der Waals surface area contributed by atoms with Gasteiger partial charge in [0, 0.05) is 18.8 Å². The third kappa shape index (κ3) is 7.06. The van der Waals surface area contributed by atoms with E-state index in [0.29, 0.717) is 17.0 Å². The molecule has 4 aromatic rings. The van der Waals surface area contributed by atoms with E-state index in [0.717, 1.165) is 37.9 Å². The van der Waals surface area contributed by atoms with Crippen LogP contribution in [-0.4, -0.2) is 33.9 Å². The van der Waals surface area contributed by atoms with Crippen LogP contribution < -0.4 is 4.74 Å². The lowest BCUT2D eigenvalue weighted by Gasteiger charge is -2.07. The number of halogens is 3. The van der Waals surface area contributed by atoms with Crippen LogP contribution in [0.25, 0.3) is 12.2 Å². The summed E-state index contributed by atoms with van der Waals surface area (Å²) in [6.07, 6.45) is 11.0. The molecule has 0 aliphatic carbocycles. The minimum Gasteiger partial charge on any atom is -0.487 e. The predicted molar refractivity (Wildman–Crippen MR) is 129 cm³/mol. The topological polar surface area (TPSA) is 100 Å². The Hall–Kier alpha value is -3.93. The maximum Gasteiger partial charge on any atom is 0.501 e. The van der Waals surface area contributed by atoms with Gasteiger partial charge in [0.1, 0.15) is 24.3 Å². The molecule has 0 saturated carbocycles. The number of sulfone groups is 1. The summed E-state index contributed by atoms with van der Waals surface area (Å²) in [5.74, 6) is 0.965. The van der Waals surface area contributed by atoms with Crippen LogP contribution in [0, 0.1) is 0 Å². The van der Waals surface area contributed by atoms with Crippen molar-refractivity contribution in [2.75, 3.05) is 0 Å². The summed E-state index contributed by atoms with van der Waals surface area (Å²) in [4.78, 5) is 3.47. The molecule has 37 heavy (non-hydrogen) atoms. The number of aryl methyl sites for hydroxylation is 2. The minimum atomic E-state index is -5.38. The summed E-state index contributed by atoms with van der Waals surface area (Å²) in [5.41, 5.74) is -3.09. The van der Waals surface area contributed by atoms with Gasteiger partial charge in [0.25, 0.3) is 9.84 Å². The van der Waals surface area contributed by atoms with E-state index in [2.05, 4.69) is 15.3 Å². The molecule has 0 spiro atoms. The van der Waals surface area contributed by atoms with Crippen LogP contribution in [0.1, 0.15) is 35.6 Å². The van der Waals surface area contributed by atoms with Gasteiger partial charge in [0.15, 0.2) is 0 Å². The second kappa shape index (κ2) is 11.4. The number of unbranched alkanes of at least 4 members (excludes halogenated alkanes) is 1. The molecule has 2 aromatic carbocycles. The second-order valence-corrected chi connectivity index (χ2v) is 10.0. The normalized spacial score (nSPS) is 12.3. The third-order valence-corrected chi connectivity index (χ3v) is 6.87. The van der Waals surface area contributed by atoms with Gasteiger partial charge in [-0.15, -0.1) is 5.10 Å². The molecule has 0 N–H and O–H groups in total. The molecule has 8 nitrogen and oxygen atoms in total. The molecule has 0 amide bonds. The van der Waals surface area contributed by atoms with Gasteiger partial charge in [-0.1, -0.05) is 29.5 Å². The molecule has 0 atom stereocenters. The van der Waals surface area contributed by atoms with Crippen molar-refractivity contribution in [1.82, 2.24) is 20.0 Å². The van der Waals surface area contributed by atoms with Crippen molar-refractivity contribution in [3.63, 3.8) is 0 Å². The Morgan fingerprint density at radius 3 is 2.43 bits per heavy atom. The van der Waals surface area contributed by atoms with Crippen LogP contribution in [0.15, 0.2) is 76.5 Å². The number of hydrogen-bond donors (Lipinski definition) is 0. The van der Waals surface area contributed by atoms with E-state index in [9.17, 15) is 21.6 Å². The van der Waals surface area contributed by atoms with Crippen molar-refractivity contribution in [3.05, 3.63) is 89.9 Å². The summed E-state index contributed by atoms with van der Waals surface area (Å²) in [6.45, 7) is 1.03. The molecule has 0 radical (unpaired) electrons. The zero-order valence-electron chi connectivity index (χ0n) is 19.5. The zero-order chi connectivity index (χ0) is 26.3. The molecule has 0 bridgehead atoms. The number of rotatable bonds is 11. The quantitative estimate of drug-likeness (QED) is 0.241. The van der Waals surface area contributed by atoms with Gasteiger partial charge in [-0.3, -0.25) is 4.68 Å². The molecule has 2 heterocycles. The summed E-state index contributed by atoms with van der Waals surface area (Å²) < 4.78 is 73.7. The maximum atomic E-state index is 12.6. The molecule has 0 unspecified atom stereocenters. The standard InChI is InChI=1S/C25H23F3N4O4S/c26-25(27,28)37(33,34)23-11-6-20(7-12-23)8-13-24-30-21(18-36-24)17-35-22-9-4-19(5-10-22)3-1-2-15-32-16-14-29-31-32/h4-14,16,18H,1-3,15,17H2/b13-8+. The van der Waals surface area contributed by atoms with Crippen LogP contribution in [0.3, 0.4) is 0 Å². The summed E-state index contributed by atoms with van der Waals surface area (Å²) >= 11 is 0. The van der Waals surface area contributed by atoms with Crippen molar-refractivity contribution in [1.29, 1.82) is 0 Å². The van der Waals surface area contributed by atoms with Crippen LogP contribution >= 0.6 is 0 Å². The number of oxazole rings is 1. The first-order valence-corrected chi connectivity index (χ1v) is 12.8. The highest BCUT2D eigenvalue weighted by atomic mass is 32.2. The fourth-order valence-corrected chi connectivity index (χ4v) is 4.15. The van der Waals surface area contributed by atoms with Gasteiger partial charge in [-0.05, 0) is 60.7 Å². The molecule has 4 rings (SSSR count). The molecular formula is C25H23F3N4O4S. The van der Waals surface area contributed by atoms with Crippen LogP contribution in [-0.2, 0) is 29.4 Å². The molecule has 0 saturated heterocycles. The molecule has 0 aliphatic rings. The van der Waals surface area contributed by atoms with E-state index in [1.54, 1.807) is 12.3 Å². The Kier molecular flexibility index (Phi) is 8.07. The Balaban J connectivity index is 1.24. The van der Waals surface area contributed by atoms with Crippen molar-refractivity contribution < 1.29 is 30.7 Å². The largest absolute Gasteiger partial charge is 0.501 e. The van der Waals surface area contributed by atoms with Crippen LogP contribution in [0.4, 0.5) is 13.2 Å². The first-order chi connectivity index (χ1) is 17.7. The van der Waals surface area contributed by atoms with Crippen LogP contribution in [0.2, 0.25) is 0 Å². The maximum absolute atomic E-state index is 12.6. The smallest absolute Gasteiger partial charge is 0.487 e. The summed E-state index contributed by atoms with van der Waals surface area (Å²) in [7, 11) is -5.38. The highest BCUT2D eigenvalue weighted by Gasteiger charge is 2.46. The average Bonchev–Trinajstić information content (AvgIpc) is 3.57. The summed E-state index contributed by atoms with van der Waals surface area (Å²) in [6, 6.07) is 12.2. The van der Waals surface area contributed by atoms with E-state index in [1.165, 1.54) is 30.0 Å². The van der Waals surface area contributed by atoms with Gasteiger partial charge in [-0.2, -0.15) is 13.2 Å². The number of hydrogen-bond acceptors (Lipinski definition) is 7. The highest BCUT2D eigenvalue weighted by molar-refractivity contribution is 7.92. The number of ether oxygens (including phenoxy) is 1. The number of aromatic nitrogens is 4. The Bertz CT molecular complexity index is 1410. The average molecular weight is 533 g/mol. The molecule has 194 valence electrons. The molecule has 0 aliphatic heterocycles. The zero-order valence-corrected chi connectivity index (χ0v) is 20.3. The monoisotopic (exact) mass is 532 g/mol. The van der Waals surface area contributed by atoms with E-state index in [-0.39, 0.29) is 12.5 Å². The molecular weight excluding hydrogens is 509 g/mol. The van der Waals surface area contributed by atoms with Crippen molar-refractivity contribution in [3.8, 4) is 5.75 Å². The fourth-order valence-electron chi connectivity index (χ4n) is 3.39. The highest BCUT2D eigenvalue weighted by Crippen LogP contribution is 2.30. The first kappa shape index (κ1) is 26.1. The minimum absolute atomic E-state index is 0.193. The molecule has 0 fully saturated rings. The van der Waals surface area contributed by atoms with E-state index < -0.39 is 20.2 Å². The van der Waals surface area contributed by atoms with E-state index in [1.807, 2.05) is 35.1 Å². The Morgan fingerprint density at radius 2 is 1.76 bits per heavy atom. The van der Waals surface area contributed by atoms with Gasteiger partial charge in [0.2, 0.25) is 5.89 Å². The number of alkyl halides is 3. The second-order valence-electron chi connectivity index (χ2n) is 8.08.